The Hall–Kier alpha value is -1.52. The summed E-state index contributed by atoms with van der Waals surface area (Å²) in [4.78, 5) is 8.74. The van der Waals surface area contributed by atoms with Gasteiger partial charge in [-0.05, 0) is 51.9 Å². The maximum absolute atomic E-state index is 4.41. The number of para-hydroxylation sites is 1. The zero-order valence-corrected chi connectivity index (χ0v) is 12.6. The average molecular weight is 272 g/mol. The largest absolute Gasteiger partial charge is 0.313 e. The van der Waals surface area contributed by atoms with Crippen molar-refractivity contribution in [1.82, 2.24) is 20.6 Å². The van der Waals surface area contributed by atoms with Crippen LogP contribution in [-0.4, -0.2) is 28.6 Å². The summed E-state index contributed by atoms with van der Waals surface area (Å²) < 4.78 is 0. The lowest BCUT2D eigenvalue weighted by atomic mass is 10.1. The van der Waals surface area contributed by atoms with E-state index in [1.807, 2.05) is 12.1 Å². The Bertz CT molecular complexity index is 540. The molecule has 0 saturated heterocycles. The molecule has 0 aliphatic heterocycles. The minimum atomic E-state index is 0.200. The molecule has 0 spiro atoms. The molecule has 20 heavy (non-hydrogen) atoms. The highest BCUT2D eigenvalue weighted by Gasteiger charge is 2.07. The summed E-state index contributed by atoms with van der Waals surface area (Å²) in [6.45, 7) is 9.44. The molecular weight excluding hydrogens is 248 g/mol. The molecule has 108 valence electrons. The maximum Gasteiger partial charge on any atom is 0.0931 e. The van der Waals surface area contributed by atoms with Gasteiger partial charge in [0.25, 0.3) is 0 Å². The van der Waals surface area contributed by atoms with E-state index in [1.54, 1.807) is 12.4 Å². The fourth-order valence-corrected chi connectivity index (χ4v) is 2.09. The summed E-state index contributed by atoms with van der Waals surface area (Å²) in [6.07, 6.45) is 4.60. The summed E-state index contributed by atoms with van der Waals surface area (Å²) in [7, 11) is 0. The van der Waals surface area contributed by atoms with Crippen LogP contribution in [0.4, 0.5) is 0 Å². The fraction of sp³-hybridized carbons (Fsp3) is 0.500. The van der Waals surface area contributed by atoms with Crippen molar-refractivity contribution in [2.45, 2.75) is 39.3 Å². The Balaban J connectivity index is 1.79. The van der Waals surface area contributed by atoms with Crippen LogP contribution in [0.15, 0.2) is 30.6 Å². The monoisotopic (exact) mass is 272 g/mol. The molecule has 0 aliphatic rings. The third-order valence-corrected chi connectivity index (χ3v) is 3.08. The predicted octanol–water partition coefficient (Wildman–Crippen LogP) is 2.50. The van der Waals surface area contributed by atoms with Crippen molar-refractivity contribution >= 4 is 11.0 Å². The lowest BCUT2D eigenvalue weighted by Gasteiger charge is -2.20. The number of aromatic nitrogens is 2. The van der Waals surface area contributed by atoms with Gasteiger partial charge in [0, 0.05) is 24.5 Å². The highest BCUT2D eigenvalue weighted by Crippen LogP contribution is 2.13. The molecule has 4 nitrogen and oxygen atoms in total. The van der Waals surface area contributed by atoms with Crippen LogP contribution in [0.1, 0.15) is 32.8 Å². The molecule has 1 aromatic heterocycles. The minimum Gasteiger partial charge on any atom is -0.313 e. The van der Waals surface area contributed by atoms with Gasteiger partial charge >= 0.3 is 0 Å². The zero-order valence-electron chi connectivity index (χ0n) is 12.6. The third-order valence-electron chi connectivity index (χ3n) is 3.08. The lowest BCUT2D eigenvalue weighted by molar-refractivity contribution is 0.418. The Kier molecular flexibility index (Phi) is 5.04. The van der Waals surface area contributed by atoms with E-state index in [0.29, 0.717) is 0 Å². The third kappa shape index (κ3) is 4.54. The number of nitrogens with one attached hydrogen (secondary N) is 2. The van der Waals surface area contributed by atoms with Crippen molar-refractivity contribution in [1.29, 1.82) is 0 Å². The van der Waals surface area contributed by atoms with Gasteiger partial charge in [-0.3, -0.25) is 9.97 Å². The van der Waals surface area contributed by atoms with E-state index in [1.165, 1.54) is 5.56 Å². The van der Waals surface area contributed by atoms with Crippen molar-refractivity contribution in [2.24, 2.45) is 0 Å². The molecule has 0 saturated carbocycles. The van der Waals surface area contributed by atoms with Gasteiger partial charge in [0.05, 0.1) is 11.0 Å². The molecule has 1 aromatic carbocycles. The average Bonchev–Trinajstić information content (AvgIpc) is 2.41. The number of hydrogen-bond acceptors (Lipinski definition) is 4. The van der Waals surface area contributed by atoms with Crippen LogP contribution in [0.5, 0.6) is 0 Å². The van der Waals surface area contributed by atoms with Crippen LogP contribution in [-0.2, 0) is 6.54 Å². The number of rotatable bonds is 6. The minimum absolute atomic E-state index is 0.200. The highest BCUT2D eigenvalue weighted by molar-refractivity contribution is 5.77. The Morgan fingerprint density at radius 2 is 1.85 bits per heavy atom. The van der Waals surface area contributed by atoms with Crippen molar-refractivity contribution in [3.63, 3.8) is 0 Å². The standard InChI is InChI=1S/C16H24N4/c1-16(2,3)20-9-5-8-17-12-13-6-4-7-14-15(13)19-11-10-18-14/h4,6-7,10-11,17,20H,5,8-9,12H2,1-3H3. The van der Waals surface area contributed by atoms with Crippen LogP contribution in [0.25, 0.3) is 11.0 Å². The molecule has 0 atom stereocenters. The number of fused-ring (bicyclic) bond motifs is 1. The summed E-state index contributed by atoms with van der Waals surface area (Å²) in [5.74, 6) is 0. The van der Waals surface area contributed by atoms with Gasteiger partial charge in [-0.2, -0.15) is 0 Å². The van der Waals surface area contributed by atoms with Gasteiger partial charge in [-0.1, -0.05) is 12.1 Å². The van der Waals surface area contributed by atoms with E-state index in [2.05, 4.69) is 47.4 Å². The molecule has 0 radical (unpaired) electrons. The van der Waals surface area contributed by atoms with Crippen LogP contribution < -0.4 is 10.6 Å². The van der Waals surface area contributed by atoms with E-state index in [9.17, 15) is 0 Å². The van der Waals surface area contributed by atoms with E-state index in [4.69, 9.17) is 0 Å². The smallest absolute Gasteiger partial charge is 0.0931 e. The predicted molar refractivity (Wildman–Crippen MR) is 83.6 cm³/mol. The Morgan fingerprint density at radius 1 is 1.05 bits per heavy atom. The first-order valence-electron chi connectivity index (χ1n) is 7.21. The first kappa shape index (κ1) is 14.9. The van der Waals surface area contributed by atoms with Gasteiger partial charge in [0.1, 0.15) is 0 Å². The van der Waals surface area contributed by atoms with Crippen LogP contribution in [0, 0.1) is 0 Å². The molecular formula is C16H24N4. The zero-order chi connectivity index (χ0) is 14.4. The number of hydrogen-bond donors (Lipinski definition) is 2. The molecule has 2 rings (SSSR count). The molecule has 0 amide bonds. The second-order valence-electron chi connectivity index (χ2n) is 6.05. The van der Waals surface area contributed by atoms with Crippen LogP contribution >= 0.6 is 0 Å². The first-order chi connectivity index (χ1) is 9.56. The Morgan fingerprint density at radius 3 is 2.65 bits per heavy atom. The van der Waals surface area contributed by atoms with Gasteiger partial charge in [0.2, 0.25) is 0 Å². The van der Waals surface area contributed by atoms with Crippen molar-refractivity contribution in [2.75, 3.05) is 13.1 Å². The van der Waals surface area contributed by atoms with Crippen molar-refractivity contribution in [3.05, 3.63) is 36.2 Å². The van der Waals surface area contributed by atoms with Crippen LogP contribution in [0.3, 0.4) is 0 Å². The molecule has 0 fully saturated rings. The molecule has 2 aromatic rings. The molecule has 1 heterocycles. The highest BCUT2D eigenvalue weighted by atomic mass is 14.9. The number of nitrogens with zero attached hydrogens (tertiary/aromatic N) is 2. The normalized spacial score (nSPS) is 11.9. The Labute approximate surface area is 121 Å². The van der Waals surface area contributed by atoms with E-state index in [0.717, 1.165) is 37.1 Å². The number of benzene rings is 1. The maximum atomic E-state index is 4.41. The van der Waals surface area contributed by atoms with Crippen LogP contribution in [0.2, 0.25) is 0 Å². The molecule has 0 bridgehead atoms. The fourth-order valence-electron chi connectivity index (χ4n) is 2.09. The van der Waals surface area contributed by atoms with Crippen molar-refractivity contribution in [3.8, 4) is 0 Å². The van der Waals surface area contributed by atoms with E-state index < -0.39 is 0 Å². The SMILES string of the molecule is CC(C)(C)NCCCNCc1cccc2nccnc12. The summed E-state index contributed by atoms with van der Waals surface area (Å²) in [6, 6.07) is 6.14. The summed E-state index contributed by atoms with van der Waals surface area (Å²) in [5, 5.41) is 6.96. The van der Waals surface area contributed by atoms with E-state index >= 15 is 0 Å². The van der Waals surface area contributed by atoms with Gasteiger partial charge in [-0.15, -0.1) is 0 Å². The van der Waals surface area contributed by atoms with Gasteiger partial charge < -0.3 is 10.6 Å². The van der Waals surface area contributed by atoms with Gasteiger partial charge in [0.15, 0.2) is 0 Å². The molecule has 2 N–H and O–H groups in total. The quantitative estimate of drug-likeness (QED) is 0.793. The second-order valence-corrected chi connectivity index (χ2v) is 6.05. The van der Waals surface area contributed by atoms with Crippen molar-refractivity contribution < 1.29 is 0 Å². The topological polar surface area (TPSA) is 49.8 Å². The second kappa shape index (κ2) is 6.77. The lowest BCUT2D eigenvalue weighted by Crippen LogP contribution is -2.37. The summed E-state index contributed by atoms with van der Waals surface area (Å²) in [5.41, 5.74) is 3.36. The summed E-state index contributed by atoms with van der Waals surface area (Å²) >= 11 is 0. The molecule has 0 aliphatic carbocycles. The molecule has 0 unspecified atom stereocenters. The first-order valence-corrected chi connectivity index (χ1v) is 7.21. The molecule has 4 heteroatoms. The van der Waals surface area contributed by atoms with Gasteiger partial charge in [-0.25, -0.2) is 0 Å². The van der Waals surface area contributed by atoms with E-state index in [-0.39, 0.29) is 5.54 Å².